The predicted molar refractivity (Wildman–Crippen MR) is 156 cm³/mol. The van der Waals surface area contributed by atoms with Crippen LogP contribution in [-0.2, 0) is 6.54 Å². The van der Waals surface area contributed by atoms with E-state index in [1.807, 2.05) is 25.3 Å². The molecule has 0 spiro atoms. The van der Waals surface area contributed by atoms with Crippen molar-refractivity contribution in [2.24, 2.45) is 0 Å². The van der Waals surface area contributed by atoms with Crippen LogP contribution in [0.25, 0.3) is 11.1 Å². The summed E-state index contributed by atoms with van der Waals surface area (Å²) in [5.41, 5.74) is 5.69. The van der Waals surface area contributed by atoms with Crippen molar-refractivity contribution in [1.82, 2.24) is 20.1 Å². The highest BCUT2D eigenvalue weighted by Gasteiger charge is 2.19. The van der Waals surface area contributed by atoms with Crippen LogP contribution in [0, 0.1) is 6.92 Å². The molecule has 0 saturated carbocycles. The molecular weight excluding hydrogens is 504 g/mol. The molecule has 1 aliphatic rings. The molecule has 2 aromatic heterocycles. The van der Waals surface area contributed by atoms with Gasteiger partial charge in [-0.25, -0.2) is 0 Å². The number of methoxy groups -OCH3 is 1. The zero-order valence-electron chi connectivity index (χ0n) is 23.1. The molecule has 4 aromatic rings. The number of ether oxygens (including phenoxy) is 2. The average Bonchev–Trinajstić information content (AvgIpc) is 2.98. The number of carbonyl (C=O) groups is 1. The first kappa shape index (κ1) is 27.1. The van der Waals surface area contributed by atoms with Crippen LogP contribution in [0.5, 0.6) is 11.5 Å². The maximum atomic E-state index is 12.6. The van der Waals surface area contributed by atoms with Gasteiger partial charge in [-0.05, 0) is 73.0 Å². The van der Waals surface area contributed by atoms with Crippen molar-refractivity contribution in [3.63, 3.8) is 0 Å². The number of rotatable bonds is 9. The molecule has 1 amide bonds. The third-order valence-electron chi connectivity index (χ3n) is 6.96. The highest BCUT2D eigenvalue weighted by Crippen LogP contribution is 2.27. The van der Waals surface area contributed by atoms with Crippen LogP contribution < -0.4 is 19.7 Å². The number of anilines is 2. The number of aromatic nitrogens is 3. The number of nitrogens with one attached hydrogen (secondary N) is 1. The summed E-state index contributed by atoms with van der Waals surface area (Å²) < 4.78 is 10.8. The van der Waals surface area contributed by atoms with Crippen molar-refractivity contribution in [1.29, 1.82) is 0 Å². The smallest absolute Gasteiger partial charge is 0.276 e. The standard InChI is InChI=1S/C31H34N6O3/c1-4-40-27-18-24(19-32-20-27)28-10-5-23(17-22(28)2)21-36-13-15-37(16-14-36)30-12-11-29(34-35-30)31(38)33-25-6-8-26(39-3)9-7-25/h5-12,17-20H,4,13-16,21H2,1-3H3,(H,33,38). The van der Waals surface area contributed by atoms with Gasteiger partial charge in [0.15, 0.2) is 11.5 Å². The minimum absolute atomic E-state index is 0.275. The van der Waals surface area contributed by atoms with E-state index in [1.165, 1.54) is 16.7 Å². The maximum Gasteiger partial charge on any atom is 0.276 e. The van der Waals surface area contributed by atoms with E-state index in [0.29, 0.717) is 12.3 Å². The molecule has 1 aliphatic heterocycles. The van der Waals surface area contributed by atoms with Gasteiger partial charge < -0.3 is 19.7 Å². The number of benzene rings is 2. The Morgan fingerprint density at radius 1 is 0.925 bits per heavy atom. The molecule has 40 heavy (non-hydrogen) atoms. The van der Waals surface area contributed by atoms with Crippen molar-refractivity contribution in [2.45, 2.75) is 20.4 Å². The van der Waals surface area contributed by atoms with Crippen LogP contribution in [0.15, 0.2) is 73.1 Å². The minimum Gasteiger partial charge on any atom is -0.497 e. The van der Waals surface area contributed by atoms with Crippen LogP contribution in [-0.4, -0.2) is 65.9 Å². The normalized spacial score (nSPS) is 13.6. The second-order valence-electron chi connectivity index (χ2n) is 9.71. The minimum atomic E-state index is -0.298. The zero-order valence-corrected chi connectivity index (χ0v) is 23.1. The van der Waals surface area contributed by atoms with Crippen molar-refractivity contribution in [3.05, 3.63) is 89.9 Å². The number of carbonyl (C=O) groups excluding carboxylic acids is 1. The number of nitrogens with zero attached hydrogens (tertiary/aromatic N) is 5. The van der Waals surface area contributed by atoms with Gasteiger partial charge in [0.1, 0.15) is 11.5 Å². The van der Waals surface area contributed by atoms with E-state index >= 15 is 0 Å². The maximum absolute atomic E-state index is 12.6. The van der Waals surface area contributed by atoms with Gasteiger partial charge in [0, 0.05) is 50.2 Å². The molecule has 0 atom stereocenters. The summed E-state index contributed by atoms with van der Waals surface area (Å²) in [4.78, 5) is 21.6. The second-order valence-corrected chi connectivity index (χ2v) is 9.71. The number of amides is 1. The molecule has 2 aromatic carbocycles. The second kappa shape index (κ2) is 12.6. The molecule has 0 aliphatic carbocycles. The first-order valence-corrected chi connectivity index (χ1v) is 13.5. The summed E-state index contributed by atoms with van der Waals surface area (Å²) in [6.07, 6.45) is 3.63. The lowest BCUT2D eigenvalue weighted by molar-refractivity contribution is 0.102. The molecule has 1 N–H and O–H groups in total. The quantitative estimate of drug-likeness (QED) is 0.324. The topological polar surface area (TPSA) is 92.7 Å². The SMILES string of the molecule is CCOc1cncc(-c2ccc(CN3CCN(c4ccc(C(=O)Nc5ccc(OC)cc5)nn4)CC3)cc2C)c1. The lowest BCUT2D eigenvalue weighted by atomic mass is 9.99. The van der Waals surface area contributed by atoms with Gasteiger partial charge in [0.25, 0.3) is 5.91 Å². The van der Waals surface area contributed by atoms with Crippen LogP contribution in [0.1, 0.15) is 28.5 Å². The molecule has 9 nitrogen and oxygen atoms in total. The molecular formula is C31H34N6O3. The molecule has 5 rings (SSSR count). The Bertz CT molecular complexity index is 1430. The Morgan fingerprint density at radius 3 is 2.40 bits per heavy atom. The van der Waals surface area contributed by atoms with Gasteiger partial charge in [-0.1, -0.05) is 18.2 Å². The third-order valence-corrected chi connectivity index (χ3v) is 6.96. The molecule has 3 heterocycles. The molecule has 0 bridgehead atoms. The zero-order chi connectivity index (χ0) is 27.9. The number of aryl methyl sites for hydroxylation is 1. The average molecular weight is 539 g/mol. The van der Waals surface area contributed by atoms with E-state index in [-0.39, 0.29) is 11.6 Å². The fourth-order valence-corrected chi connectivity index (χ4v) is 4.84. The van der Waals surface area contributed by atoms with E-state index in [2.05, 4.69) is 55.4 Å². The Morgan fingerprint density at radius 2 is 1.73 bits per heavy atom. The summed E-state index contributed by atoms with van der Waals surface area (Å²) in [7, 11) is 1.60. The Kier molecular flexibility index (Phi) is 8.51. The lowest BCUT2D eigenvalue weighted by Crippen LogP contribution is -2.46. The van der Waals surface area contributed by atoms with Gasteiger partial charge in [-0.3, -0.25) is 14.7 Å². The molecule has 0 radical (unpaired) electrons. The van der Waals surface area contributed by atoms with Crippen LogP contribution in [0.4, 0.5) is 11.5 Å². The predicted octanol–water partition coefficient (Wildman–Crippen LogP) is 4.83. The fraction of sp³-hybridized carbons (Fsp3) is 0.290. The first-order valence-electron chi connectivity index (χ1n) is 13.5. The summed E-state index contributed by atoms with van der Waals surface area (Å²) in [6, 6.07) is 19.4. The van der Waals surface area contributed by atoms with E-state index in [9.17, 15) is 4.79 Å². The van der Waals surface area contributed by atoms with Crippen molar-refractivity contribution < 1.29 is 14.3 Å². The summed E-state index contributed by atoms with van der Waals surface area (Å²) in [5.74, 6) is 2.00. The monoisotopic (exact) mass is 538 g/mol. The van der Waals surface area contributed by atoms with Crippen LogP contribution >= 0.6 is 0 Å². The van der Waals surface area contributed by atoms with Crippen molar-refractivity contribution in [2.75, 3.05) is 50.1 Å². The molecule has 1 fully saturated rings. The highest BCUT2D eigenvalue weighted by atomic mass is 16.5. The highest BCUT2D eigenvalue weighted by molar-refractivity contribution is 6.02. The number of pyridine rings is 1. The molecule has 1 saturated heterocycles. The largest absolute Gasteiger partial charge is 0.497 e. The van der Waals surface area contributed by atoms with E-state index in [1.54, 1.807) is 43.6 Å². The van der Waals surface area contributed by atoms with Gasteiger partial charge in [-0.15, -0.1) is 10.2 Å². The molecule has 0 unspecified atom stereocenters. The van der Waals surface area contributed by atoms with Crippen molar-refractivity contribution in [3.8, 4) is 22.6 Å². The summed E-state index contributed by atoms with van der Waals surface area (Å²) in [5, 5.41) is 11.3. The van der Waals surface area contributed by atoms with Gasteiger partial charge in [-0.2, -0.15) is 0 Å². The number of hydrogen-bond acceptors (Lipinski definition) is 8. The number of hydrogen-bond donors (Lipinski definition) is 1. The van der Waals surface area contributed by atoms with E-state index < -0.39 is 0 Å². The Hall–Kier alpha value is -4.50. The third kappa shape index (κ3) is 6.55. The van der Waals surface area contributed by atoms with Crippen LogP contribution in [0.3, 0.4) is 0 Å². The fourth-order valence-electron chi connectivity index (χ4n) is 4.84. The van der Waals surface area contributed by atoms with Crippen LogP contribution in [0.2, 0.25) is 0 Å². The summed E-state index contributed by atoms with van der Waals surface area (Å²) in [6.45, 7) is 9.16. The van der Waals surface area contributed by atoms with E-state index in [0.717, 1.165) is 55.6 Å². The van der Waals surface area contributed by atoms with E-state index in [4.69, 9.17) is 9.47 Å². The molecule has 9 heteroatoms. The van der Waals surface area contributed by atoms with Gasteiger partial charge >= 0.3 is 0 Å². The number of piperazine rings is 1. The lowest BCUT2D eigenvalue weighted by Gasteiger charge is -2.35. The molecule has 206 valence electrons. The van der Waals surface area contributed by atoms with Crippen molar-refractivity contribution >= 4 is 17.4 Å². The van der Waals surface area contributed by atoms with Gasteiger partial charge in [0.05, 0.1) is 19.9 Å². The van der Waals surface area contributed by atoms with Gasteiger partial charge in [0.2, 0.25) is 0 Å². The Balaban J connectivity index is 1.14. The Labute approximate surface area is 234 Å². The first-order chi connectivity index (χ1) is 19.5. The summed E-state index contributed by atoms with van der Waals surface area (Å²) >= 11 is 0.